The van der Waals surface area contributed by atoms with Crippen molar-refractivity contribution >= 4 is 28.6 Å². The van der Waals surface area contributed by atoms with Gasteiger partial charge in [-0.05, 0) is 31.0 Å². The Morgan fingerprint density at radius 1 is 1.07 bits per heavy atom. The summed E-state index contributed by atoms with van der Waals surface area (Å²) >= 11 is 0. The third kappa shape index (κ3) is 5.93. The van der Waals surface area contributed by atoms with Gasteiger partial charge in [-0.25, -0.2) is 0 Å². The van der Waals surface area contributed by atoms with Gasteiger partial charge in [-0.2, -0.15) is 15.2 Å². The summed E-state index contributed by atoms with van der Waals surface area (Å²) < 4.78 is 22.8. The van der Waals surface area contributed by atoms with E-state index in [9.17, 15) is 10.1 Å². The molecule has 12 nitrogen and oxygen atoms in total. The van der Waals surface area contributed by atoms with Crippen LogP contribution in [0.2, 0.25) is 0 Å². The third-order valence-corrected chi connectivity index (χ3v) is 8.07. The smallest absolute Gasteiger partial charge is 0.253 e. The number of nitrogens with zero attached hydrogens (tertiary/aromatic N) is 5. The van der Waals surface area contributed by atoms with Crippen molar-refractivity contribution in [1.82, 2.24) is 24.8 Å². The molecule has 0 aliphatic carbocycles. The van der Waals surface area contributed by atoms with Crippen molar-refractivity contribution in [2.75, 3.05) is 65.0 Å². The van der Waals surface area contributed by atoms with E-state index in [0.717, 1.165) is 65.1 Å². The van der Waals surface area contributed by atoms with E-state index in [0.29, 0.717) is 58.7 Å². The third-order valence-electron chi connectivity index (χ3n) is 8.07. The first kappa shape index (κ1) is 27.3. The van der Waals surface area contributed by atoms with Crippen molar-refractivity contribution < 1.29 is 23.7 Å². The van der Waals surface area contributed by atoms with Crippen LogP contribution in [0.25, 0.3) is 11.0 Å². The number of fused-ring (bicyclic) bond motifs is 1. The number of hydrogen-bond acceptors (Lipinski definition) is 10. The van der Waals surface area contributed by atoms with Gasteiger partial charge in [-0.15, -0.1) is 0 Å². The van der Waals surface area contributed by atoms with Crippen LogP contribution < -0.4 is 14.8 Å². The van der Waals surface area contributed by atoms with Crippen molar-refractivity contribution in [3.8, 4) is 17.7 Å². The van der Waals surface area contributed by atoms with Crippen LogP contribution in [0, 0.1) is 11.3 Å². The first-order valence-corrected chi connectivity index (χ1v) is 14.2. The van der Waals surface area contributed by atoms with E-state index in [1.165, 1.54) is 0 Å². The largest absolute Gasteiger partial charge is 0.495 e. The maximum atomic E-state index is 13.4. The number of H-pyrrole nitrogens is 1. The van der Waals surface area contributed by atoms with Crippen LogP contribution in [0.4, 0.5) is 11.6 Å². The van der Waals surface area contributed by atoms with Gasteiger partial charge in [0.25, 0.3) is 5.91 Å². The molecule has 41 heavy (non-hydrogen) atoms. The summed E-state index contributed by atoms with van der Waals surface area (Å²) in [5.74, 6) is 1.12. The van der Waals surface area contributed by atoms with Crippen LogP contribution >= 0.6 is 0 Å². The van der Waals surface area contributed by atoms with Crippen LogP contribution in [0.1, 0.15) is 41.6 Å². The SMILES string of the molecule is COc1cc(C(=O)N2CCC(N3CCOCC3)CC2)ccc1Nc1nc(OC2CCOCC2)c2c(C#N)c[nH]c2n1. The van der Waals surface area contributed by atoms with E-state index in [-0.39, 0.29) is 18.0 Å². The topological polar surface area (TPSA) is 138 Å². The number of methoxy groups -OCH3 is 1. The van der Waals surface area contributed by atoms with Crippen LogP contribution in [0.3, 0.4) is 0 Å². The van der Waals surface area contributed by atoms with Crippen molar-refractivity contribution in [3.63, 3.8) is 0 Å². The van der Waals surface area contributed by atoms with Gasteiger partial charge in [0.2, 0.25) is 11.8 Å². The van der Waals surface area contributed by atoms with E-state index >= 15 is 0 Å². The quantitative estimate of drug-likeness (QED) is 0.443. The fourth-order valence-corrected chi connectivity index (χ4v) is 5.79. The Morgan fingerprint density at radius 3 is 2.56 bits per heavy atom. The maximum absolute atomic E-state index is 13.4. The number of piperidine rings is 1. The molecule has 1 aromatic carbocycles. The van der Waals surface area contributed by atoms with Gasteiger partial charge in [0.1, 0.15) is 23.6 Å². The van der Waals surface area contributed by atoms with Gasteiger partial charge in [-0.1, -0.05) is 0 Å². The monoisotopic (exact) mass is 561 g/mol. The molecule has 0 saturated carbocycles. The molecule has 0 unspecified atom stereocenters. The summed E-state index contributed by atoms with van der Waals surface area (Å²) in [5.41, 5.74) is 2.09. The Bertz CT molecular complexity index is 1420. The predicted molar refractivity (Wildman–Crippen MR) is 151 cm³/mol. The second kappa shape index (κ2) is 12.3. The molecule has 12 heteroatoms. The standard InChI is InChI=1S/C29H35N7O5/c1-38-24-16-19(28(37)36-8-4-21(5-9-36)35-10-14-40-15-11-35)2-3-23(24)32-29-33-26-25(20(17-30)18-31-26)27(34-29)41-22-6-12-39-13-7-22/h2-3,16,18,21-22H,4-15H2,1H3,(H2,31,32,33,34). The van der Waals surface area contributed by atoms with Gasteiger partial charge in [0.15, 0.2) is 0 Å². The minimum absolute atomic E-state index is 0.00415. The highest BCUT2D eigenvalue weighted by Crippen LogP contribution is 2.33. The first-order chi connectivity index (χ1) is 20.1. The number of hydrogen-bond donors (Lipinski definition) is 2. The first-order valence-electron chi connectivity index (χ1n) is 14.2. The number of nitrogens with one attached hydrogen (secondary N) is 2. The van der Waals surface area contributed by atoms with E-state index < -0.39 is 0 Å². The number of rotatable bonds is 7. The molecule has 2 N–H and O–H groups in total. The Labute approximate surface area is 238 Å². The number of aromatic nitrogens is 3. The second-order valence-corrected chi connectivity index (χ2v) is 10.5. The lowest BCUT2D eigenvalue weighted by molar-refractivity contribution is 0.00159. The number of ether oxygens (including phenoxy) is 4. The number of carbonyl (C=O) groups excluding carboxylic acids is 1. The summed E-state index contributed by atoms with van der Waals surface area (Å²) in [6.07, 6.45) is 4.96. The van der Waals surface area contributed by atoms with E-state index in [1.807, 2.05) is 4.90 Å². The van der Waals surface area contributed by atoms with Crippen LogP contribution in [0.15, 0.2) is 24.4 Å². The highest BCUT2D eigenvalue weighted by molar-refractivity contribution is 5.95. The molecule has 3 saturated heterocycles. The highest BCUT2D eigenvalue weighted by atomic mass is 16.5. The number of nitriles is 1. The fourth-order valence-electron chi connectivity index (χ4n) is 5.79. The lowest BCUT2D eigenvalue weighted by Gasteiger charge is -2.40. The van der Waals surface area contributed by atoms with Gasteiger partial charge in [0.05, 0.1) is 50.2 Å². The number of morpholine rings is 1. The summed E-state index contributed by atoms with van der Waals surface area (Å²) in [7, 11) is 1.57. The number of carbonyl (C=O) groups is 1. The number of likely N-dealkylation sites (tertiary alicyclic amines) is 1. The normalized spacial score (nSPS) is 19.2. The second-order valence-electron chi connectivity index (χ2n) is 10.5. The lowest BCUT2D eigenvalue weighted by atomic mass is 10.0. The molecule has 1 amide bonds. The van der Waals surface area contributed by atoms with Gasteiger partial charge < -0.3 is 34.1 Å². The maximum Gasteiger partial charge on any atom is 0.253 e. The Balaban J connectivity index is 1.18. The summed E-state index contributed by atoms with van der Waals surface area (Å²) in [6.45, 7) is 6.21. The van der Waals surface area contributed by atoms with E-state index in [4.69, 9.17) is 18.9 Å². The highest BCUT2D eigenvalue weighted by Gasteiger charge is 2.29. The molecule has 3 fully saturated rings. The van der Waals surface area contributed by atoms with Crippen molar-refractivity contribution in [2.24, 2.45) is 0 Å². The molecular weight excluding hydrogens is 526 g/mol. The number of amides is 1. The van der Waals surface area contributed by atoms with Crippen LogP contribution in [-0.2, 0) is 9.47 Å². The summed E-state index contributed by atoms with van der Waals surface area (Å²) in [6, 6.07) is 8.03. The Kier molecular flexibility index (Phi) is 8.18. The zero-order valence-electron chi connectivity index (χ0n) is 23.2. The van der Waals surface area contributed by atoms with Crippen molar-refractivity contribution in [1.29, 1.82) is 5.26 Å². The molecule has 0 atom stereocenters. The summed E-state index contributed by atoms with van der Waals surface area (Å²) in [4.78, 5) is 30.0. The number of benzene rings is 1. The Morgan fingerprint density at radius 2 is 1.83 bits per heavy atom. The van der Waals surface area contributed by atoms with Crippen molar-refractivity contribution in [3.05, 3.63) is 35.5 Å². The minimum Gasteiger partial charge on any atom is -0.495 e. The van der Waals surface area contributed by atoms with Gasteiger partial charge in [-0.3, -0.25) is 9.69 Å². The molecule has 3 aromatic rings. The molecule has 5 heterocycles. The molecule has 0 radical (unpaired) electrons. The number of aromatic amines is 1. The molecule has 3 aliphatic rings. The van der Waals surface area contributed by atoms with Crippen molar-refractivity contribution in [2.45, 2.75) is 37.8 Å². The lowest BCUT2D eigenvalue weighted by Crippen LogP contribution is -2.50. The van der Waals surface area contributed by atoms with Gasteiger partial charge in [0, 0.05) is 56.8 Å². The average molecular weight is 562 g/mol. The summed E-state index contributed by atoms with van der Waals surface area (Å²) in [5, 5.41) is 13.4. The molecule has 2 aromatic heterocycles. The molecule has 3 aliphatic heterocycles. The van der Waals surface area contributed by atoms with E-state index in [1.54, 1.807) is 31.5 Å². The predicted octanol–water partition coefficient (Wildman–Crippen LogP) is 3.08. The Hall–Kier alpha value is -3.92. The van der Waals surface area contributed by atoms with Crippen LogP contribution in [-0.4, -0.2) is 103 Å². The molecule has 216 valence electrons. The van der Waals surface area contributed by atoms with Crippen LogP contribution in [0.5, 0.6) is 11.6 Å². The fraction of sp³-hybridized carbons (Fsp3) is 0.517. The minimum atomic E-state index is -0.0603. The average Bonchev–Trinajstić information content (AvgIpc) is 3.45. The molecular formula is C29H35N7O5. The molecule has 0 spiro atoms. The zero-order chi connectivity index (χ0) is 28.2. The zero-order valence-corrected chi connectivity index (χ0v) is 23.2. The van der Waals surface area contributed by atoms with E-state index in [2.05, 4.69) is 31.2 Å². The molecule has 0 bridgehead atoms. The molecule has 6 rings (SSSR count). The number of anilines is 2. The van der Waals surface area contributed by atoms with Gasteiger partial charge >= 0.3 is 0 Å².